The van der Waals surface area contributed by atoms with Crippen LogP contribution in [-0.2, 0) is 6.54 Å². The zero-order valence-electron chi connectivity index (χ0n) is 12.8. The predicted molar refractivity (Wildman–Crippen MR) is 90.6 cm³/mol. The molecule has 0 radical (unpaired) electrons. The third-order valence-electron chi connectivity index (χ3n) is 4.00. The molecule has 6 heteroatoms. The number of furan rings is 1. The summed E-state index contributed by atoms with van der Waals surface area (Å²) < 4.78 is 5.37. The smallest absolute Gasteiger partial charge is 0.319 e. The van der Waals surface area contributed by atoms with Crippen molar-refractivity contribution >= 4 is 23.3 Å². The zero-order valence-corrected chi connectivity index (χ0v) is 13.6. The fraction of sp³-hybridized carbons (Fsp3) is 0.353. The third-order valence-corrected chi connectivity index (χ3v) is 4.33. The predicted octanol–water partition coefficient (Wildman–Crippen LogP) is 3.58. The highest BCUT2D eigenvalue weighted by molar-refractivity contribution is 6.33. The number of nitrogens with one attached hydrogen (secondary N) is 2. The van der Waals surface area contributed by atoms with E-state index in [2.05, 4.69) is 15.5 Å². The van der Waals surface area contributed by atoms with Crippen molar-refractivity contribution in [2.75, 3.05) is 25.0 Å². The second-order valence-electron chi connectivity index (χ2n) is 5.78. The van der Waals surface area contributed by atoms with Gasteiger partial charge in [-0.1, -0.05) is 23.7 Å². The summed E-state index contributed by atoms with van der Waals surface area (Å²) in [6.07, 6.45) is 2.77. The molecular weight excluding hydrogens is 314 g/mol. The molecule has 1 aliphatic heterocycles. The highest BCUT2D eigenvalue weighted by Gasteiger charge is 2.23. The number of benzene rings is 1. The molecule has 5 nitrogen and oxygen atoms in total. The second kappa shape index (κ2) is 7.53. The zero-order chi connectivity index (χ0) is 16.1. The lowest BCUT2D eigenvalue weighted by molar-refractivity contribution is 0.249. The quantitative estimate of drug-likeness (QED) is 0.879. The van der Waals surface area contributed by atoms with Crippen molar-refractivity contribution in [2.45, 2.75) is 13.0 Å². The lowest BCUT2D eigenvalue weighted by Gasteiger charge is -2.15. The van der Waals surface area contributed by atoms with E-state index < -0.39 is 0 Å². The maximum Gasteiger partial charge on any atom is 0.319 e. The number of hydrogen-bond acceptors (Lipinski definition) is 3. The minimum Gasteiger partial charge on any atom is -0.468 e. The fourth-order valence-electron chi connectivity index (χ4n) is 2.81. The van der Waals surface area contributed by atoms with E-state index in [0.29, 0.717) is 23.2 Å². The molecule has 2 heterocycles. The largest absolute Gasteiger partial charge is 0.468 e. The van der Waals surface area contributed by atoms with Crippen LogP contribution in [0.4, 0.5) is 10.5 Å². The second-order valence-corrected chi connectivity index (χ2v) is 6.19. The number of anilines is 1. The number of halogens is 1. The summed E-state index contributed by atoms with van der Waals surface area (Å²) in [4.78, 5) is 14.3. The summed E-state index contributed by atoms with van der Waals surface area (Å²) in [5, 5.41) is 6.23. The van der Waals surface area contributed by atoms with E-state index in [1.165, 1.54) is 0 Å². The van der Waals surface area contributed by atoms with Gasteiger partial charge in [-0.15, -0.1) is 0 Å². The molecule has 1 unspecified atom stereocenters. The van der Waals surface area contributed by atoms with Crippen molar-refractivity contribution in [3.05, 3.63) is 53.4 Å². The first kappa shape index (κ1) is 15.9. The van der Waals surface area contributed by atoms with Crippen LogP contribution in [0, 0.1) is 5.92 Å². The van der Waals surface area contributed by atoms with Crippen LogP contribution >= 0.6 is 11.6 Å². The molecule has 0 bridgehead atoms. The molecule has 122 valence electrons. The van der Waals surface area contributed by atoms with Crippen LogP contribution in [0.5, 0.6) is 0 Å². The lowest BCUT2D eigenvalue weighted by atomic mass is 10.1. The minimum absolute atomic E-state index is 0.220. The number of carbonyl (C=O) groups excluding carboxylic acids is 1. The number of carbonyl (C=O) groups is 1. The Labute approximate surface area is 140 Å². The molecular formula is C17H20ClN3O2. The number of likely N-dealkylation sites (tertiary alicyclic amines) is 1. The maximum absolute atomic E-state index is 11.9. The Hall–Kier alpha value is -1.98. The molecule has 1 atom stereocenters. The number of nitrogens with zero attached hydrogens (tertiary/aromatic N) is 1. The molecule has 1 saturated heterocycles. The summed E-state index contributed by atoms with van der Waals surface area (Å²) in [6.45, 7) is 3.48. The van der Waals surface area contributed by atoms with Crippen molar-refractivity contribution < 1.29 is 9.21 Å². The van der Waals surface area contributed by atoms with Crippen molar-refractivity contribution in [3.8, 4) is 0 Å². The molecule has 2 aromatic rings. The van der Waals surface area contributed by atoms with Crippen LogP contribution in [0.1, 0.15) is 12.2 Å². The Balaban J connectivity index is 1.41. The van der Waals surface area contributed by atoms with Gasteiger partial charge in [0.05, 0.1) is 23.5 Å². The van der Waals surface area contributed by atoms with E-state index in [9.17, 15) is 4.79 Å². The number of amides is 2. The maximum atomic E-state index is 11.9. The van der Waals surface area contributed by atoms with Crippen molar-refractivity contribution in [1.29, 1.82) is 0 Å². The Morgan fingerprint density at radius 3 is 2.96 bits per heavy atom. The monoisotopic (exact) mass is 333 g/mol. The normalized spacial score (nSPS) is 18.0. The molecule has 2 N–H and O–H groups in total. The number of para-hydroxylation sites is 1. The molecule has 0 aliphatic carbocycles. The van der Waals surface area contributed by atoms with Gasteiger partial charge < -0.3 is 15.1 Å². The summed E-state index contributed by atoms with van der Waals surface area (Å²) in [5.41, 5.74) is 0.623. The standard InChI is InChI=1S/C17H20ClN3O2/c18-15-5-1-2-6-16(15)20-17(22)19-10-13-7-8-21(11-13)12-14-4-3-9-23-14/h1-6,9,13H,7-8,10-12H2,(H2,19,20,22). The number of rotatable bonds is 5. The van der Waals surface area contributed by atoms with Gasteiger partial charge in [-0.05, 0) is 43.1 Å². The Morgan fingerprint density at radius 1 is 1.30 bits per heavy atom. The molecule has 1 fully saturated rings. The van der Waals surface area contributed by atoms with Crippen LogP contribution < -0.4 is 10.6 Å². The van der Waals surface area contributed by atoms with Crippen LogP contribution in [0.15, 0.2) is 47.1 Å². The van der Waals surface area contributed by atoms with E-state index in [1.54, 1.807) is 18.4 Å². The minimum atomic E-state index is -0.220. The van der Waals surface area contributed by atoms with Crippen LogP contribution in [0.25, 0.3) is 0 Å². The molecule has 2 amide bonds. The summed E-state index contributed by atoms with van der Waals surface area (Å²) in [7, 11) is 0. The van der Waals surface area contributed by atoms with Crippen molar-refractivity contribution in [2.24, 2.45) is 5.92 Å². The SMILES string of the molecule is O=C(NCC1CCN(Cc2ccco2)C1)Nc1ccccc1Cl. The summed E-state index contributed by atoms with van der Waals surface area (Å²) in [5.74, 6) is 1.44. The van der Waals surface area contributed by atoms with Gasteiger partial charge in [0.2, 0.25) is 0 Å². The highest BCUT2D eigenvalue weighted by atomic mass is 35.5. The Morgan fingerprint density at radius 2 is 2.17 bits per heavy atom. The van der Waals surface area contributed by atoms with E-state index in [1.807, 2.05) is 24.3 Å². The van der Waals surface area contributed by atoms with E-state index >= 15 is 0 Å². The van der Waals surface area contributed by atoms with Gasteiger partial charge in [-0.25, -0.2) is 4.79 Å². The fourth-order valence-corrected chi connectivity index (χ4v) is 3.00. The number of urea groups is 1. The van der Waals surface area contributed by atoms with Crippen molar-refractivity contribution in [3.63, 3.8) is 0 Å². The highest BCUT2D eigenvalue weighted by Crippen LogP contribution is 2.21. The molecule has 3 rings (SSSR count). The summed E-state index contributed by atoms with van der Waals surface area (Å²) in [6, 6.07) is 10.9. The van der Waals surface area contributed by atoms with Crippen LogP contribution in [-0.4, -0.2) is 30.6 Å². The van der Waals surface area contributed by atoms with Gasteiger partial charge in [0.25, 0.3) is 0 Å². The van der Waals surface area contributed by atoms with Crippen molar-refractivity contribution in [1.82, 2.24) is 10.2 Å². The lowest BCUT2D eigenvalue weighted by Crippen LogP contribution is -2.34. The Bertz CT molecular complexity index is 645. The first-order chi connectivity index (χ1) is 11.2. The molecule has 0 saturated carbocycles. The molecule has 23 heavy (non-hydrogen) atoms. The molecule has 1 aromatic carbocycles. The first-order valence-electron chi connectivity index (χ1n) is 7.75. The van der Waals surface area contributed by atoms with Crippen LogP contribution in [0.3, 0.4) is 0 Å². The van der Waals surface area contributed by atoms with Gasteiger partial charge in [0.15, 0.2) is 0 Å². The third kappa shape index (κ3) is 4.50. The average Bonchev–Trinajstić information content (AvgIpc) is 3.20. The number of hydrogen-bond donors (Lipinski definition) is 2. The van der Waals surface area contributed by atoms with Gasteiger partial charge in [0.1, 0.15) is 5.76 Å². The van der Waals surface area contributed by atoms with Gasteiger partial charge >= 0.3 is 6.03 Å². The van der Waals surface area contributed by atoms with E-state index in [0.717, 1.165) is 31.8 Å². The molecule has 1 aromatic heterocycles. The van der Waals surface area contributed by atoms with Gasteiger partial charge in [-0.2, -0.15) is 0 Å². The molecule has 1 aliphatic rings. The first-order valence-corrected chi connectivity index (χ1v) is 8.12. The Kier molecular flexibility index (Phi) is 5.20. The average molecular weight is 334 g/mol. The summed E-state index contributed by atoms with van der Waals surface area (Å²) >= 11 is 6.02. The topological polar surface area (TPSA) is 57.5 Å². The van der Waals surface area contributed by atoms with Gasteiger partial charge in [-0.3, -0.25) is 4.90 Å². The van der Waals surface area contributed by atoms with Gasteiger partial charge in [0, 0.05) is 13.1 Å². The molecule has 0 spiro atoms. The van der Waals surface area contributed by atoms with Crippen LogP contribution in [0.2, 0.25) is 5.02 Å². The van der Waals surface area contributed by atoms with E-state index in [-0.39, 0.29) is 6.03 Å². The van der Waals surface area contributed by atoms with E-state index in [4.69, 9.17) is 16.0 Å².